The first-order chi connectivity index (χ1) is 18.7. The fourth-order valence-electron chi connectivity index (χ4n) is 4.65. The maximum Gasteiger partial charge on any atom is 0.416 e. The molecule has 212 valence electrons. The summed E-state index contributed by atoms with van der Waals surface area (Å²) in [5.41, 5.74) is -3.00. The summed E-state index contributed by atoms with van der Waals surface area (Å²) in [6, 6.07) is 9.43. The van der Waals surface area contributed by atoms with Gasteiger partial charge in [0.05, 0.1) is 17.2 Å². The van der Waals surface area contributed by atoms with Gasteiger partial charge in [0.2, 0.25) is 0 Å². The second-order valence-corrected chi connectivity index (χ2v) is 9.37. The molecule has 0 N–H and O–H groups in total. The maximum absolute atomic E-state index is 13.6. The lowest BCUT2D eigenvalue weighted by molar-refractivity contribution is -0.143. The van der Waals surface area contributed by atoms with Crippen LogP contribution in [-0.4, -0.2) is 59.9 Å². The molecule has 2 unspecified atom stereocenters. The fourth-order valence-corrected chi connectivity index (χ4v) is 4.65. The SMILES string of the molecule is CN(C(=O)N(C)C1CN(C(=O)c2ccccn2)CC1c1ccc(F)cc1)c1cc(C(F)(F)F)cc(C(F)(F)F)c1. The van der Waals surface area contributed by atoms with Crippen LogP contribution in [0.2, 0.25) is 0 Å². The number of rotatable bonds is 4. The molecule has 6 nitrogen and oxygen atoms in total. The quantitative estimate of drug-likeness (QED) is 0.360. The molecule has 1 aromatic heterocycles. The van der Waals surface area contributed by atoms with Crippen LogP contribution in [0.3, 0.4) is 0 Å². The van der Waals surface area contributed by atoms with Gasteiger partial charge < -0.3 is 9.80 Å². The Morgan fingerprint density at radius 2 is 1.48 bits per heavy atom. The first kappa shape index (κ1) is 28.8. The van der Waals surface area contributed by atoms with Crippen LogP contribution in [0.15, 0.2) is 66.9 Å². The summed E-state index contributed by atoms with van der Waals surface area (Å²) in [6.45, 7) is 0.0960. The molecule has 0 saturated carbocycles. The van der Waals surface area contributed by atoms with Crippen LogP contribution in [0.4, 0.5) is 41.2 Å². The summed E-state index contributed by atoms with van der Waals surface area (Å²) in [4.78, 5) is 33.9. The van der Waals surface area contributed by atoms with E-state index < -0.39 is 58.9 Å². The van der Waals surface area contributed by atoms with Gasteiger partial charge in [0, 0.05) is 45.0 Å². The van der Waals surface area contributed by atoms with E-state index in [1.54, 1.807) is 12.1 Å². The molecule has 0 aliphatic carbocycles. The van der Waals surface area contributed by atoms with Crippen molar-refractivity contribution in [2.45, 2.75) is 24.3 Å². The smallest absolute Gasteiger partial charge is 0.335 e. The van der Waals surface area contributed by atoms with Crippen molar-refractivity contribution in [3.8, 4) is 0 Å². The van der Waals surface area contributed by atoms with Crippen LogP contribution in [0.5, 0.6) is 0 Å². The molecule has 0 spiro atoms. The molecule has 3 amide bonds. The minimum absolute atomic E-state index is 0.01000. The summed E-state index contributed by atoms with van der Waals surface area (Å²) in [5, 5.41) is 0. The predicted molar refractivity (Wildman–Crippen MR) is 131 cm³/mol. The van der Waals surface area contributed by atoms with E-state index in [1.165, 1.54) is 48.5 Å². The van der Waals surface area contributed by atoms with Gasteiger partial charge in [-0.05, 0) is 48.0 Å². The number of likely N-dealkylation sites (tertiary alicyclic amines) is 1. The Bertz CT molecular complexity index is 1350. The van der Waals surface area contributed by atoms with E-state index in [-0.39, 0.29) is 24.8 Å². The zero-order valence-electron chi connectivity index (χ0n) is 21.2. The molecule has 1 saturated heterocycles. The maximum atomic E-state index is 13.6. The van der Waals surface area contributed by atoms with Crippen LogP contribution in [0, 0.1) is 5.82 Å². The Labute approximate surface area is 224 Å². The number of urea groups is 1. The standard InChI is InChI=1S/C27H23F7N4O2/c1-36(20-12-17(26(29,30)31)11-18(13-20)27(32,33)34)25(40)37(2)23-15-38(24(39)22-5-3-4-10-35-22)14-21(23)16-6-8-19(28)9-7-16/h3-13,21,23H,14-15H2,1-2H3. The van der Waals surface area contributed by atoms with Crippen molar-refractivity contribution in [1.29, 1.82) is 0 Å². The Kier molecular flexibility index (Phi) is 7.77. The predicted octanol–water partition coefficient (Wildman–Crippen LogP) is 6.05. The van der Waals surface area contributed by atoms with Gasteiger partial charge in [-0.2, -0.15) is 26.3 Å². The topological polar surface area (TPSA) is 56.8 Å². The summed E-state index contributed by atoms with van der Waals surface area (Å²) >= 11 is 0. The molecule has 4 rings (SSSR count). The largest absolute Gasteiger partial charge is 0.416 e. The molecule has 40 heavy (non-hydrogen) atoms. The monoisotopic (exact) mass is 568 g/mol. The molecule has 1 aliphatic rings. The minimum Gasteiger partial charge on any atom is -0.335 e. The lowest BCUT2D eigenvalue weighted by Gasteiger charge is -2.33. The Morgan fingerprint density at radius 1 is 0.875 bits per heavy atom. The molecular formula is C27H23F7N4O2. The third-order valence-corrected chi connectivity index (χ3v) is 6.80. The van der Waals surface area contributed by atoms with Gasteiger partial charge in [0.15, 0.2) is 0 Å². The zero-order valence-corrected chi connectivity index (χ0v) is 21.2. The fraction of sp³-hybridized carbons (Fsp3) is 0.296. The van der Waals surface area contributed by atoms with Gasteiger partial charge in [-0.3, -0.25) is 14.7 Å². The van der Waals surface area contributed by atoms with Crippen molar-refractivity contribution in [2.24, 2.45) is 0 Å². The number of benzene rings is 2. The number of carbonyl (C=O) groups is 2. The van der Waals surface area contributed by atoms with Crippen LogP contribution in [0.1, 0.15) is 33.1 Å². The van der Waals surface area contributed by atoms with E-state index in [0.717, 1.165) is 11.9 Å². The Morgan fingerprint density at radius 3 is 2.00 bits per heavy atom. The van der Waals surface area contributed by atoms with Gasteiger partial charge in [0.1, 0.15) is 11.5 Å². The highest BCUT2D eigenvalue weighted by atomic mass is 19.4. The van der Waals surface area contributed by atoms with Crippen LogP contribution in [0.25, 0.3) is 0 Å². The number of likely N-dealkylation sites (N-methyl/N-ethyl adjacent to an activating group) is 1. The van der Waals surface area contributed by atoms with E-state index in [4.69, 9.17) is 0 Å². The molecule has 3 aromatic rings. The molecule has 2 atom stereocenters. The average molecular weight is 568 g/mol. The van der Waals surface area contributed by atoms with Gasteiger partial charge in [0.25, 0.3) is 5.91 Å². The normalized spacial score (nSPS) is 17.6. The summed E-state index contributed by atoms with van der Waals surface area (Å²) in [5.74, 6) is -1.48. The number of nitrogens with zero attached hydrogens (tertiary/aromatic N) is 4. The third kappa shape index (κ3) is 6.02. The molecule has 0 radical (unpaired) electrons. The number of aromatic nitrogens is 1. The lowest BCUT2D eigenvalue weighted by Crippen LogP contribution is -2.47. The Balaban J connectivity index is 1.67. The van der Waals surface area contributed by atoms with E-state index >= 15 is 0 Å². The lowest BCUT2D eigenvalue weighted by atomic mass is 9.93. The summed E-state index contributed by atoms with van der Waals surface area (Å²) < 4.78 is 93.9. The van der Waals surface area contributed by atoms with Crippen LogP contribution < -0.4 is 4.90 Å². The van der Waals surface area contributed by atoms with Crippen molar-refractivity contribution >= 4 is 17.6 Å². The number of alkyl halides is 6. The van der Waals surface area contributed by atoms with Crippen molar-refractivity contribution in [3.63, 3.8) is 0 Å². The number of halogens is 7. The highest BCUT2D eigenvalue weighted by Gasteiger charge is 2.42. The molecular weight excluding hydrogens is 545 g/mol. The Hall–Kier alpha value is -4.16. The van der Waals surface area contributed by atoms with E-state index in [1.807, 2.05) is 0 Å². The first-order valence-corrected chi connectivity index (χ1v) is 11.9. The van der Waals surface area contributed by atoms with Crippen molar-refractivity contribution in [2.75, 3.05) is 32.1 Å². The number of amides is 3. The van der Waals surface area contributed by atoms with Crippen molar-refractivity contribution < 1.29 is 40.3 Å². The average Bonchev–Trinajstić information content (AvgIpc) is 3.36. The van der Waals surface area contributed by atoms with E-state index in [0.29, 0.717) is 22.6 Å². The molecule has 1 aliphatic heterocycles. The first-order valence-electron chi connectivity index (χ1n) is 11.9. The molecule has 2 aromatic carbocycles. The highest BCUT2D eigenvalue weighted by Crippen LogP contribution is 2.39. The summed E-state index contributed by atoms with van der Waals surface area (Å²) in [7, 11) is 2.40. The van der Waals surface area contributed by atoms with Crippen LogP contribution in [-0.2, 0) is 12.4 Å². The van der Waals surface area contributed by atoms with Gasteiger partial charge in [-0.25, -0.2) is 9.18 Å². The molecule has 13 heteroatoms. The second kappa shape index (κ2) is 10.8. The second-order valence-electron chi connectivity index (χ2n) is 9.37. The van der Waals surface area contributed by atoms with E-state index in [2.05, 4.69) is 4.98 Å². The number of hydrogen-bond donors (Lipinski definition) is 0. The van der Waals surface area contributed by atoms with Crippen molar-refractivity contribution in [1.82, 2.24) is 14.8 Å². The minimum atomic E-state index is -5.09. The number of pyridine rings is 1. The number of anilines is 1. The van der Waals surface area contributed by atoms with E-state index in [9.17, 15) is 40.3 Å². The van der Waals surface area contributed by atoms with Gasteiger partial charge in [-0.15, -0.1) is 0 Å². The highest BCUT2D eigenvalue weighted by molar-refractivity contribution is 5.93. The third-order valence-electron chi connectivity index (χ3n) is 6.80. The van der Waals surface area contributed by atoms with Gasteiger partial charge >= 0.3 is 18.4 Å². The molecule has 2 heterocycles. The summed E-state index contributed by atoms with van der Waals surface area (Å²) in [6.07, 6.45) is -8.73. The van der Waals surface area contributed by atoms with Crippen molar-refractivity contribution in [3.05, 3.63) is 95.1 Å². The van der Waals surface area contributed by atoms with Crippen LogP contribution >= 0.6 is 0 Å². The molecule has 0 bridgehead atoms. The number of carbonyl (C=O) groups excluding carboxylic acids is 2. The van der Waals surface area contributed by atoms with Gasteiger partial charge in [-0.1, -0.05) is 18.2 Å². The molecule has 1 fully saturated rings. The number of hydrogen-bond acceptors (Lipinski definition) is 3. The zero-order chi connectivity index (χ0) is 29.4.